The van der Waals surface area contributed by atoms with Gasteiger partial charge < -0.3 is 24.0 Å². The average molecular weight is 624 g/mol. The van der Waals surface area contributed by atoms with E-state index in [0.29, 0.717) is 43.3 Å². The van der Waals surface area contributed by atoms with Crippen LogP contribution >= 0.6 is 0 Å². The Labute approximate surface area is 261 Å². The summed E-state index contributed by atoms with van der Waals surface area (Å²) in [5, 5.41) is 8.23. The van der Waals surface area contributed by atoms with E-state index in [9.17, 15) is 18.0 Å². The molecule has 2 aromatic carbocycles. The van der Waals surface area contributed by atoms with Gasteiger partial charge in [0.05, 0.1) is 25.3 Å². The molecule has 1 unspecified atom stereocenters. The molecule has 3 fully saturated rings. The van der Waals surface area contributed by atoms with Crippen LogP contribution in [0.25, 0.3) is 0 Å². The normalized spacial score (nSPS) is 22.6. The van der Waals surface area contributed by atoms with Crippen LogP contribution in [0.3, 0.4) is 0 Å². The van der Waals surface area contributed by atoms with Gasteiger partial charge >= 0.3 is 6.18 Å². The number of ether oxygens (including phenoxy) is 1. The topological polar surface area (TPSA) is 70.0 Å². The first-order chi connectivity index (χ1) is 21.6. The van der Waals surface area contributed by atoms with Gasteiger partial charge in [-0.05, 0) is 66.9 Å². The van der Waals surface area contributed by atoms with Crippen molar-refractivity contribution >= 4 is 11.6 Å². The van der Waals surface area contributed by atoms with Crippen molar-refractivity contribution in [3.63, 3.8) is 0 Å². The average Bonchev–Trinajstić information content (AvgIpc) is 3.70. The van der Waals surface area contributed by atoms with Crippen LogP contribution in [0.15, 0.2) is 42.7 Å². The van der Waals surface area contributed by atoms with Crippen molar-refractivity contribution in [2.45, 2.75) is 37.5 Å². The van der Waals surface area contributed by atoms with Gasteiger partial charge in [0.15, 0.2) is 0 Å². The number of aromatic nitrogens is 3. The van der Waals surface area contributed by atoms with Crippen molar-refractivity contribution in [1.29, 1.82) is 0 Å². The summed E-state index contributed by atoms with van der Waals surface area (Å²) >= 11 is 0. The molecular formula is C33H40F3N7O2. The Morgan fingerprint density at radius 2 is 1.82 bits per heavy atom. The number of likely N-dealkylation sites (N-methyl/N-ethyl adjacent to an activating group) is 1. The van der Waals surface area contributed by atoms with Gasteiger partial charge in [-0.15, -0.1) is 10.2 Å². The standard InChI is InChI=1S/C33H40F3N7O2/c1-39-8-10-41(11-9-39)16-23-6-7-42(17-23)18-24-12-27-28(29(13-24)33(34,35)36)19-43(31(27)44)26-5-3-4-25(14-26)32(20-45-21-32)15-30-38-37-22-40(30)2/h3-5,12-14,22-23H,6-11,15-21H2,1-2H3. The number of fused-ring (bicyclic) bond motifs is 1. The fourth-order valence-corrected chi connectivity index (χ4v) is 7.37. The molecule has 0 spiro atoms. The van der Waals surface area contributed by atoms with E-state index in [1.165, 1.54) is 11.0 Å². The highest BCUT2D eigenvalue weighted by molar-refractivity contribution is 6.10. The zero-order valence-electron chi connectivity index (χ0n) is 25.9. The van der Waals surface area contributed by atoms with Crippen molar-refractivity contribution in [2.75, 3.05) is 71.0 Å². The molecule has 45 heavy (non-hydrogen) atoms. The first-order valence-electron chi connectivity index (χ1n) is 15.8. The van der Waals surface area contributed by atoms with E-state index in [2.05, 4.69) is 31.9 Å². The number of hydrogen-bond donors (Lipinski definition) is 0. The lowest BCUT2D eigenvalue weighted by molar-refractivity contribution is -0.138. The molecule has 7 rings (SSSR count). The Balaban J connectivity index is 1.09. The van der Waals surface area contributed by atoms with Gasteiger partial charge in [0.2, 0.25) is 0 Å². The van der Waals surface area contributed by atoms with Crippen molar-refractivity contribution in [1.82, 2.24) is 29.5 Å². The lowest BCUT2D eigenvalue weighted by atomic mass is 9.75. The minimum absolute atomic E-state index is 0.0526. The predicted octanol–water partition coefficient (Wildman–Crippen LogP) is 3.57. The molecule has 0 aliphatic carbocycles. The minimum atomic E-state index is -4.56. The van der Waals surface area contributed by atoms with Crippen LogP contribution < -0.4 is 4.90 Å². The van der Waals surface area contributed by atoms with Crippen LogP contribution in [0.2, 0.25) is 0 Å². The molecule has 1 amide bonds. The van der Waals surface area contributed by atoms with Crippen molar-refractivity contribution in [3.05, 3.63) is 76.4 Å². The van der Waals surface area contributed by atoms with Crippen LogP contribution in [0.5, 0.6) is 0 Å². The Bertz CT molecular complexity index is 1560. The van der Waals surface area contributed by atoms with Crippen molar-refractivity contribution in [2.24, 2.45) is 13.0 Å². The number of likely N-dealkylation sites (tertiary alicyclic amines) is 1. The van der Waals surface area contributed by atoms with Gasteiger partial charge in [0.1, 0.15) is 12.2 Å². The Hall–Kier alpha value is -3.32. The maximum Gasteiger partial charge on any atom is 0.416 e. The molecule has 0 saturated carbocycles. The summed E-state index contributed by atoms with van der Waals surface area (Å²) in [6.07, 6.45) is -1.26. The van der Waals surface area contributed by atoms with E-state index < -0.39 is 17.6 Å². The van der Waals surface area contributed by atoms with Gasteiger partial charge in [-0.3, -0.25) is 9.69 Å². The molecular weight excluding hydrogens is 583 g/mol. The lowest BCUT2D eigenvalue weighted by Crippen LogP contribution is -2.49. The molecule has 4 aliphatic heterocycles. The molecule has 1 aromatic heterocycles. The van der Waals surface area contributed by atoms with Crippen LogP contribution in [0, 0.1) is 5.92 Å². The van der Waals surface area contributed by atoms with E-state index in [1.807, 2.05) is 29.8 Å². The summed E-state index contributed by atoms with van der Waals surface area (Å²) in [4.78, 5) is 22.4. The fourth-order valence-electron chi connectivity index (χ4n) is 7.37. The molecule has 5 heterocycles. The number of carbonyl (C=O) groups excluding carboxylic acids is 1. The number of aryl methyl sites for hydroxylation is 1. The number of anilines is 1. The molecule has 0 radical (unpaired) electrons. The van der Waals surface area contributed by atoms with Crippen LogP contribution in [0.4, 0.5) is 18.9 Å². The summed E-state index contributed by atoms with van der Waals surface area (Å²) in [6, 6.07) is 10.5. The highest BCUT2D eigenvalue weighted by Gasteiger charge is 2.44. The highest BCUT2D eigenvalue weighted by Crippen LogP contribution is 2.42. The second kappa shape index (κ2) is 11.8. The van der Waals surface area contributed by atoms with Crippen molar-refractivity contribution < 1.29 is 22.7 Å². The quantitative estimate of drug-likeness (QED) is 0.380. The number of nitrogens with zero attached hydrogens (tertiary/aromatic N) is 7. The van der Waals surface area contributed by atoms with Gasteiger partial charge in [-0.2, -0.15) is 13.2 Å². The van der Waals surface area contributed by atoms with Crippen LogP contribution in [0.1, 0.15) is 44.9 Å². The number of rotatable bonds is 8. The number of amides is 1. The second-order valence-corrected chi connectivity index (χ2v) is 13.4. The second-order valence-electron chi connectivity index (χ2n) is 13.4. The molecule has 240 valence electrons. The number of benzene rings is 2. The molecule has 1 atom stereocenters. The third-order valence-electron chi connectivity index (χ3n) is 10.1. The van der Waals surface area contributed by atoms with E-state index in [4.69, 9.17) is 4.74 Å². The lowest BCUT2D eigenvalue weighted by Gasteiger charge is -2.42. The maximum atomic E-state index is 14.5. The van der Waals surface area contributed by atoms with Crippen molar-refractivity contribution in [3.8, 4) is 0 Å². The smallest absolute Gasteiger partial charge is 0.379 e. The maximum absolute atomic E-state index is 14.5. The summed E-state index contributed by atoms with van der Waals surface area (Å²) < 4.78 is 50.8. The summed E-state index contributed by atoms with van der Waals surface area (Å²) in [7, 11) is 4.03. The Morgan fingerprint density at radius 3 is 2.51 bits per heavy atom. The van der Waals surface area contributed by atoms with E-state index >= 15 is 0 Å². The Kier molecular flexibility index (Phi) is 7.95. The zero-order valence-corrected chi connectivity index (χ0v) is 25.9. The largest absolute Gasteiger partial charge is 0.416 e. The molecule has 9 nitrogen and oxygen atoms in total. The number of halogens is 3. The van der Waals surface area contributed by atoms with Gasteiger partial charge in [0.25, 0.3) is 5.91 Å². The third-order valence-corrected chi connectivity index (χ3v) is 10.1. The monoisotopic (exact) mass is 623 g/mol. The molecule has 4 aliphatic rings. The number of hydrogen-bond acceptors (Lipinski definition) is 7. The molecule has 3 saturated heterocycles. The molecule has 12 heteroatoms. The highest BCUT2D eigenvalue weighted by atomic mass is 19.4. The number of alkyl halides is 3. The number of piperazine rings is 1. The zero-order chi connectivity index (χ0) is 31.3. The number of carbonyl (C=O) groups is 1. The van der Waals surface area contributed by atoms with Gasteiger partial charge in [-0.1, -0.05) is 12.1 Å². The fraction of sp³-hybridized carbons (Fsp3) is 0.545. The summed E-state index contributed by atoms with van der Waals surface area (Å²) in [6.45, 7) is 8.27. The molecule has 0 N–H and O–H groups in total. The third kappa shape index (κ3) is 6.00. The van der Waals surface area contributed by atoms with E-state index in [1.54, 1.807) is 18.5 Å². The SMILES string of the molecule is CN1CCN(CC2CCN(Cc3cc4c(c(C(F)(F)F)c3)CN(c3cccc(C5(Cc6nncn6C)COC5)c3)C4=O)C2)CC1. The molecule has 0 bridgehead atoms. The van der Waals surface area contributed by atoms with Crippen LogP contribution in [-0.2, 0) is 42.9 Å². The first kappa shape index (κ1) is 30.3. The summed E-state index contributed by atoms with van der Waals surface area (Å²) in [5.74, 6) is 0.933. The van der Waals surface area contributed by atoms with Crippen LogP contribution in [-0.4, -0.2) is 101 Å². The van der Waals surface area contributed by atoms with Gasteiger partial charge in [-0.25, -0.2) is 0 Å². The summed E-state index contributed by atoms with van der Waals surface area (Å²) in [5.41, 5.74) is 1.25. The van der Waals surface area contributed by atoms with E-state index in [0.717, 1.165) is 63.6 Å². The predicted molar refractivity (Wildman–Crippen MR) is 163 cm³/mol. The van der Waals surface area contributed by atoms with E-state index in [-0.39, 0.29) is 23.1 Å². The van der Waals surface area contributed by atoms with Gasteiger partial charge in [0, 0.05) is 75.9 Å². The minimum Gasteiger partial charge on any atom is -0.379 e. The first-order valence-corrected chi connectivity index (χ1v) is 15.8. The Morgan fingerprint density at radius 1 is 1.02 bits per heavy atom. The molecule has 3 aromatic rings.